The molecule has 2 aromatic heterocycles. The van der Waals surface area contributed by atoms with Crippen LogP contribution in [0.15, 0.2) is 76.2 Å². The molecule has 0 aliphatic carbocycles. The minimum atomic E-state index is -4.04. The van der Waals surface area contributed by atoms with Crippen molar-refractivity contribution >= 4 is 38.9 Å². The van der Waals surface area contributed by atoms with E-state index >= 15 is 0 Å². The number of hydrogen-bond acceptors (Lipinski definition) is 6. The lowest BCUT2D eigenvalue weighted by atomic mass is 10.3. The second-order valence-corrected chi connectivity index (χ2v) is 7.61. The van der Waals surface area contributed by atoms with Crippen LogP contribution in [0.5, 0.6) is 0 Å². The zero-order valence-electron chi connectivity index (χ0n) is 14.3. The molecule has 2 aromatic carbocycles. The number of non-ortho nitro benzene ring substituents is 1. The summed E-state index contributed by atoms with van der Waals surface area (Å²) in [6.45, 7) is 0. The minimum Gasteiger partial charge on any atom is -0.465 e. The van der Waals surface area contributed by atoms with Crippen LogP contribution in [0.25, 0.3) is 23.2 Å². The minimum absolute atomic E-state index is 0.0751. The molecule has 0 radical (unpaired) electrons. The highest BCUT2D eigenvalue weighted by Gasteiger charge is 2.24. The number of nitro benzene ring substituents is 1. The lowest BCUT2D eigenvalue weighted by Crippen LogP contribution is -2.14. The summed E-state index contributed by atoms with van der Waals surface area (Å²) in [7, 11) is -4.04. The highest BCUT2D eigenvalue weighted by atomic mass is 32.2. The fraction of sp³-hybridized carbons (Fsp3) is 0. The monoisotopic (exact) mass is 395 g/mol. The Morgan fingerprint density at radius 2 is 1.75 bits per heavy atom. The van der Waals surface area contributed by atoms with Crippen LogP contribution in [0.3, 0.4) is 0 Å². The average molecular weight is 395 g/mol. The van der Waals surface area contributed by atoms with Gasteiger partial charge in [0.1, 0.15) is 11.6 Å². The lowest BCUT2D eigenvalue weighted by Gasteiger charge is -2.09. The van der Waals surface area contributed by atoms with Gasteiger partial charge in [-0.2, -0.15) is 0 Å². The molecule has 0 aliphatic heterocycles. The summed E-state index contributed by atoms with van der Waals surface area (Å²) in [5.74, 6) is 0.738. The van der Waals surface area contributed by atoms with Crippen molar-refractivity contribution in [3.8, 4) is 0 Å². The molecule has 0 unspecified atom stereocenters. The van der Waals surface area contributed by atoms with Gasteiger partial charge in [0, 0.05) is 12.1 Å². The van der Waals surface area contributed by atoms with Crippen LogP contribution in [0, 0.1) is 10.1 Å². The number of furan rings is 1. The van der Waals surface area contributed by atoms with Gasteiger partial charge in [-0.05, 0) is 48.6 Å². The fourth-order valence-electron chi connectivity index (χ4n) is 2.77. The molecular formula is C19H13N3O5S. The molecule has 28 heavy (non-hydrogen) atoms. The van der Waals surface area contributed by atoms with Gasteiger partial charge >= 0.3 is 0 Å². The van der Waals surface area contributed by atoms with E-state index in [2.05, 4.69) is 4.98 Å². The molecule has 0 N–H and O–H groups in total. The van der Waals surface area contributed by atoms with Crippen LogP contribution < -0.4 is 0 Å². The number of hydrogen-bond donors (Lipinski definition) is 0. The second kappa shape index (κ2) is 6.78. The van der Waals surface area contributed by atoms with Crippen LogP contribution in [0.1, 0.15) is 11.6 Å². The summed E-state index contributed by atoms with van der Waals surface area (Å²) in [6, 6.07) is 15.0. The number of rotatable bonds is 5. The normalized spacial score (nSPS) is 12.0. The van der Waals surface area contributed by atoms with E-state index in [0.717, 1.165) is 16.1 Å². The smallest absolute Gasteiger partial charge is 0.269 e. The van der Waals surface area contributed by atoms with E-state index in [4.69, 9.17) is 4.42 Å². The van der Waals surface area contributed by atoms with E-state index in [-0.39, 0.29) is 16.4 Å². The lowest BCUT2D eigenvalue weighted by molar-refractivity contribution is -0.384. The number of nitrogens with zero attached hydrogens (tertiary/aromatic N) is 3. The van der Waals surface area contributed by atoms with Gasteiger partial charge < -0.3 is 4.42 Å². The predicted molar refractivity (Wildman–Crippen MR) is 103 cm³/mol. The summed E-state index contributed by atoms with van der Waals surface area (Å²) in [6.07, 6.45) is 4.67. The van der Waals surface area contributed by atoms with Gasteiger partial charge in [0.15, 0.2) is 0 Å². The SMILES string of the molecule is O=[N+]([O-])c1ccc(S(=O)(=O)n2c(C=Cc3ccco3)nc3ccccc32)cc1. The van der Waals surface area contributed by atoms with Crippen molar-refractivity contribution in [2.24, 2.45) is 0 Å². The van der Waals surface area contributed by atoms with Crippen LogP contribution >= 0.6 is 0 Å². The van der Waals surface area contributed by atoms with Crippen molar-refractivity contribution in [2.45, 2.75) is 4.90 Å². The van der Waals surface area contributed by atoms with E-state index in [0.29, 0.717) is 16.8 Å². The Bertz CT molecular complexity index is 1290. The molecule has 2 heterocycles. The van der Waals surface area contributed by atoms with Crippen LogP contribution in [-0.2, 0) is 10.0 Å². The molecule has 140 valence electrons. The Labute approximate surface area is 159 Å². The van der Waals surface area contributed by atoms with E-state index in [1.165, 1.54) is 18.4 Å². The van der Waals surface area contributed by atoms with Gasteiger partial charge in [-0.25, -0.2) is 17.4 Å². The zero-order chi connectivity index (χ0) is 19.7. The second-order valence-electron chi connectivity index (χ2n) is 5.83. The van der Waals surface area contributed by atoms with Crippen molar-refractivity contribution in [3.63, 3.8) is 0 Å². The van der Waals surface area contributed by atoms with Crippen molar-refractivity contribution in [3.05, 3.63) is 88.6 Å². The van der Waals surface area contributed by atoms with Crippen molar-refractivity contribution in [1.29, 1.82) is 0 Å². The van der Waals surface area contributed by atoms with Gasteiger partial charge in [0.25, 0.3) is 15.7 Å². The number of fused-ring (bicyclic) bond motifs is 1. The van der Waals surface area contributed by atoms with Gasteiger partial charge in [-0.1, -0.05) is 12.1 Å². The summed E-state index contributed by atoms with van der Waals surface area (Å²) in [5.41, 5.74) is 0.722. The number of nitro groups is 1. The largest absolute Gasteiger partial charge is 0.465 e. The van der Waals surface area contributed by atoms with Crippen molar-refractivity contribution in [2.75, 3.05) is 0 Å². The molecule has 0 bridgehead atoms. The standard InChI is InChI=1S/C19H13N3O5S/c23-22(24)14-7-10-16(11-8-14)28(25,26)21-18-6-2-1-5-17(18)20-19(21)12-9-15-4-3-13-27-15/h1-13H. The van der Waals surface area contributed by atoms with E-state index in [1.807, 2.05) is 0 Å². The maximum absolute atomic E-state index is 13.3. The molecule has 4 rings (SSSR count). The Kier molecular flexibility index (Phi) is 4.28. The highest BCUT2D eigenvalue weighted by molar-refractivity contribution is 7.90. The average Bonchev–Trinajstić information content (AvgIpc) is 3.33. The zero-order valence-corrected chi connectivity index (χ0v) is 15.1. The highest BCUT2D eigenvalue weighted by Crippen LogP contribution is 2.25. The molecule has 0 spiro atoms. The summed E-state index contributed by atoms with van der Waals surface area (Å²) >= 11 is 0. The van der Waals surface area contributed by atoms with E-state index in [9.17, 15) is 18.5 Å². The fourth-order valence-corrected chi connectivity index (χ4v) is 4.22. The predicted octanol–water partition coefficient (Wildman–Crippen LogP) is 3.94. The number of para-hydroxylation sites is 2. The summed E-state index contributed by atoms with van der Waals surface area (Å²) < 4.78 is 32.9. The first-order valence-electron chi connectivity index (χ1n) is 8.16. The third-order valence-corrected chi connectivity index (χ3v) is 5.80. The quantitative estimate of drug-likeness (QED) is 0.374. The number of aromatic nitrogens is 2. The Morgan fingerprint density at radius 3 is 2.43 bits per heavy atom. The Hall–Kier alpha value is -3.72. The van der Waals surface area contributed by atoms with Crippen LogP contribution in [-0.4, -0.2) is 22.3 Å². The first kappa shape index (κ1) is 17.7. The van der Waals surface area contributed by atoms with Crippen LogP contribution in [0.4, 0.5) is 5.69 Å². The van der Waals surface area contributed by atoms with Crippen molar-refractivity contribution < 1.29 is 17.8 Å². The summed E-state index contributed by atoms with van der Waals surface area (Å²) in [5, 5.41) is 10.8. The first-order chi connectivity index (χ1) is 13.5. The Morgan fingerprint density at radius 1 is 1.00 bits per heavy atom. The molecule has 9 heteroatoms. The van der Waals surface area contributed by atoms with E-state index < -0.39 is 14.9 Å². The molecule has 4 aromatic rings. The van der Waals surface area contributed by atoms with E-state index in [1.54, 1.807) is 48.6 Å². The number of imidazole rings is 1. The number of benzene rings is 2. The third-order valence-electron chi connectivity index (χ3n) is 4.07. The van der Waals surface area contributed by atoms with Crippen LogP contribution in [0.2, 0.25) is 0 Å². The molecule has 0 saturated heterocycles. The molecule has 0 saturated carbocycles. The topological polar surface area (TPSA) is 108 Å². The third kappa shape index (κ3) is 3.08. The molecule has 0 aliphatic rings. The van der Waals surface area contributed by atoms with Gasteiger partial charge in [0.05, 0.1) is 27.1 Å². The first-order valence-corrected chi connectivity index (χ1v) is 9.60. The van der Waals surface area contributed by atoms with Gasteiger partial charge in [-0.15, -0.1) is 0 Å². The van der Waals surface area contributed by atoms with Gasteiger partial charge in [0.2, 0.25) is 0 Å². The molecular weight excluding hydrogens is 382 g/mol. The maximum atomic E-state index is 13.3. The maximum Gasteiger partial charge on any atom is 0.269 e. The van der Waals surface area contributed by atoms with Gasteiger partial charge in [-0.3, -0.25) is 10.1 Å². The summed E-state index contributed by atoms with van der Waals surface area (Å²) in [4.78, 5) is 14.6. The molecule has 8 nitrogen and oxygen atoms in total. The Balaban J connectivity index is 1.88. The molecule has 0 atom stereocenters. The molecule has 0 fully saturated rings. The molecule has 0 amide bonds. The van der Waals surface area contributed by atoms with Crippen molar-refractivity contribution in [1.82, 2.24) is 8.96 Å².